The van der Waals surface area contributed by atoms with Crippen molar-refractivity contribution in [3.05, 3.63) is 18.2 Å². The van der Waals surface area contributed by atoms with E-state index in [-0.39, 0.29) is 0 Å². The molecular weight excluding hydrogens is 204 g/mol. The molecule has 0 spiro atoms. The normalized spacial score (nSPS) is 10.0. The SMILES string of the molecule is CCN(CCN)c1ccc(OC)cc1OC. The number of methoxy groups -OCH3 is 2. The fourth-order valence-corrected chi connectivity index (χ4v) is 1.65. The predicted octanol–water partition coefficient (Wildman–Crippen LogP) is 1.49. The summed E-state index contributed by atoms with van der Waals surface area (Å²) >= 11 is 0. The number of nitrogens with two attached hydrogens (primary N) is 1. The maximum Gasteiger partial charge on any atom is 0.145 e. The summed E-state index contributed by atoms with van der Waals surface area (Å²) in [5.41, 5.74) is 6.63. The first kappa shape index (κ1) is 12.6. The predicted molar refractivity (Wildman–Crippen MR) is 66.5 cm³/mol. The monoisotopic (exact) mass is 224 g/mol. The van der Waals surface area contributed by atoms with Gasteiger partial charge in [0.15, 0.2) is 0 Å². The van der Waals surface area contributed by atoms with Crippen LogP contribution >= 0.6 is 0 Å². The second-order valence-corrected chi connectivity index (χ2v) is 3.41. The summed E-state index contributed by atoms with van der Waals surface area (Å²) in [6.07, 6.45) is 0. The van der Waals surface area contributed by atoms with Crippen LogP contribution in [-0.4, -0.2) is 33.9 Å². The van der Waals surface area contributed by atoms with Gasteiger partial charge in [0.1, 0.15) is 11.5 Å². The maximum absolute atomic E-state index is 5.58. The van der Waals surface area contributed by atoms with E-state index >= 15 is 0 Å². The third kappa shape index (κ3) is 2.79. The van der Waals surface area contributed by atoms with Crippen LogP contribution in [0.15, 0.2) is 18.2 Å². The summed E-state index contributed by atoms with van der Waals surface area (Å²) in [6, 6.07) is 5.81. The Morgan fingerprint density at radius 1 is 1.25 bits per heavy atom. The van der Waals surface area contributed by atoms with Crippen molar-refractivity contribution >= 4 is 5.69 Å². The minimum atomic E-state index is 0.628. The molecule has 0 aliphatic heterocycles. The number of hydrogen-bond acceptors (Lipinski definition) is 4. The van der Waals surface area contributed by atoms with E-state index in [2.05, 4.69) is 11.8 Å². The molecule has 0 unspecified atom stereocenters. The van der Waals surface area contributed by atoms with Crippen LogP contribution < -0.4 is 20.1 Å². The second-order valence-electron chi connectivity index (χ2n) is 3.41. The lowest BCUT2D eigenvalue weighted by Gasteiger charge is -2.24. The maximum atomic E-state index is 5.58. The van der Waals surface area contributed by atoms with Gasteiger partial charge in [-0.15, -0.1) is 0 Å². The van der Waals surface area contributed by atoms with E-state index in [0.717, 1.165) is 30.3 Å². The summed E-state index contributed by atoms with van der Waals surface area (Å²) in [6.45, 7) is 4.45. The molecule has 0 saturated heterocycles. The molecular formula is C12H20N2O2. The fraction of sp³-hybridized carbons (Fsp3) is 0.500. The van der Waals surface area contributed by atoms with Gasteiger partial charge >= 0.3 is 0 Å². The number of likely N-dealkylation sites (N-methyl/N-ethyl adjacent to an activating group) is 1. The van der Waals surface area contributed by atoms with E-state index in [1.807, 2.05) is 18.2 Å². The molecule has 4 heteroatoms. The minimum absolute atomic E-state index is 0.628. The van der Waals surface area contributed by atoms with Gasteiger partial charge in [-0.3, -0.25) is 0 Å². The Labute approximate surface area is 96.9 Å². The van der Waals surface area contributed by atoms with Gasteiger partial charge in [0.2, 0.25) is 0 Å². The van der Waals surface area contributed by atoms with Crippen molar-refractivity contribution in [1.29, 1.82) is 0 Å². The zero-order chi connectivity index (χ0) is 12.0. The summed E-state index contributed by atoms with van der Waals surface area (Å²) in [7, 11) is 3.31. The Balaban J connectivity index is 3.01. The molecule has 0 aliphatic rings. The summed E-state index contributed by atoms with van der Waals surface area (Å²) < 4.78 is 10.5. The van der Waals surface area contributed by atoms with E-state index in [0.29, 0.717) is 6.54 Å². The topological polar surface area (TPSA) is 47.7 Å². The van der Waals surface area contributed by atoms with E-state index in [9.17, 15) is 0 Å². The largest absolute Gasteiger partial charge is 0.497 e. The van der Waals surface area contributed by atoms with Crippen molar-refractivity contribution in [3.63, 3.8) is 0 Å². The van der Waals surface area contributed by atoms with Gasteiger partial charge in [-0.2, -0.15) is 0 Å². The highest BCUT2D eigenvalue weighted by atomic mass is 16.5. The molecule has 0 heterocycles. The smallest absolute Gasteiger partial charge is 0.145 e. The lowest BCUT2D eigenvalue weighted by atomic mass is 10.2. The van der Waals surface area contributed by atoms with Crippen LogP contribution in [0.2, 0.25) is 0 Å². The van der Waals surface area contributed by atoms with Gasteiger partial charge in [0.25, 0.3) is 0 Å². The Morgan fingerprint density at radius 2 is 2.00 bits per heavy atom. The molecule has 90 valence electrons. The third-order valence-electron chi connectivity index (χ3n) is 2.51. The van der Waals surface area contributed by atoms with Crippen LogP contribution in [0, 0.1) is 0 Å². The molecule has 0 aromatic heterocycles. The molecule has 1 rings (SSSR count). The average Bonchev–Trinajstić information content (AvgIpc) is 2.35. The quantitative estimate of drug-likeness (QED) is 0.795. The fourth-order valence-electron chi connectivity index (χ4n) is 1.65. The lowest BCUT2D eigenvalue weighted by molar-refractivity contribution is 0.394. The molecule has 0 saturated carbocycles. The van der Waals surface area contributed by atoms with E-state index < -0.39 is 0 Å². The van der Waals surface area contributed by atoms with Gasteiger partial charge in [-0.05, 0) is 19.1 Å². The lowest BCUT2D eigenvalue weighted by Crippen LogP contribution is -2.29. The van der Waals surface area contributed by atoms with Gasteiger partial charge in [-0.25, -0.2) is 0 Å². The van der Waals surface area contributed by atoms with Crippen molar-refractivity contribution in [2.75, 3.05) is 38.8 Å². The molecule has 16 heavy (non-hydrogen) atoms. The van der Waals surface area contributed by atoms with Crippen LogP contribution in [0.1, 0.15) is 6.92 Å². The Morgan fingerprint density at radius 3 is 2.50 bits per heavy atom. The molecule has 0 atom stereocenters. The highest BCUT2D eigenvalue weighted by Gasteiger charge is 2.10. The van der Waals surface area contributed by atoms with Crippen LogP contribution in [0.3, 0.4) is 0 Å². The average molecular weight is 224 g/mol. The van der Waals surface area contributed by atoms with Gasteiger partial charge < -0.3 is 20.1 Å². The first-order valence-electron chi connectivity index (χ1n) is 5.43. The van der Waals surface area contributed by atoms with Crippen molar-refractivity contribution in [3.8, 4) is 11.5 Å². The Hall–Kier alpha value is -1.42. The molecule has 1 aromatic rings. The highest BCUT2D eigenvalue weighted by Crippen LogP contribution is 2.31. The van der Waals surface area contributed by atoms with Gasteiger partial charge in [0.05, 0.1) is 19.9 Å². The third-order valence-corrected chi connectivity index (χ3v) is 2.51. The van der Waals surface area contributed by atoms with E-state index in [1.54, 1.807) is 14.2 Å². The molecule has 0 fully saturated rings. The van der Waals surface area contributed by atoms with Crippen molar-refractivity contribution in [1.82, 2.24) is 0 Å². The number of rotatable bonds is 6. The number of ether oxygens (including phenoxy) is 2. The van der Waals surface area contributed by atoms with Crippen LogP contribution in [0.25, 0.3) is 0 Å². The van der Waals surface area contributed by atoms with Gasteiger partial charge in [-0.1, -0.05) is 0 Å². The molecule has 0 aliphatic carbocycles. The van der Waals surface area contributed by atoms with Crippen LogP contribution in [0.4, 0.5) is 5.69 Å². The summed E-state index contributed by atoms with van der Waals surface area (Å²) in [5, 5.41) is 0. The molecule has 0 bridgehead atoms. The zero-order valence-corrected chi connectivity index (χ0v) is 10.2. The number of benzene rings is 1. The summed E-state index contributed by atoms with van der Waals surface area (Å²) in [5.74, 6) is 1.61. The Kier molecular flexibility index (Phi) is 4.92. The van der Waals surface area contributed by atoms with Crippen molar-refractivity contribution in [2.45, 2.75) is 6.92 Å². The molecule has 2 N–H and O–H groups in total. The minimum Gasteiger partial charge on any atom is -0.497 e. The molecule has 1 aromatic carbocycles. The second kappa shape index (κ2) is 6.23. The first-order valence-corrected chi connectivity index (χ1v) is 5.43. The zero-order valence-electron chi connectivity index (χ0n) is 10.2. The Bertz CT molecular complexity index is 329. The molecule has 0 amide bonds. The molecule has 0 radical (unpaired) electrons. The summed E-state index contributed by atoms with van der Waals surface area (Å²) in [4.78, 5) is 2.18. The first-order chi connectivity index (χ1) is 7.76. The van der Waals surface area contributed by atoms with Crippen LogP contribution in [0.5, 0.6) is 11.5 Å². The van der Waals surface area contributed by atoms with Crippen molar-refractivity contribution in [2.24, 2.45) is 5.73 Å². The van der Waals surface area contributed by atoms with Crippen LogP contribution in [-0.2, 0) is 0 Å². The number of hydrogen-bond donors (Lipinski definition) is 1. The standard InChI is InChI=1S/C12H20N2O2/c1-4-14(8-7-13)11-6-5-10(15-2)9-12(11)16-3/h5-6,9H,4,7-8,13H2,1-3H3. The van der Waals surface area contributed by atoms with Crippen molar-refractivity contribution < 1.29 is 9.47 Å². The number of anilines is 1. The number of nitrogens with zero attached hydrogens (tertiary/aromatic N) is 1. The molecule has 4 nitrogen and oxygen atoms in total. The van der Waals surface area contributed by atoms with E-state index in [1.165, 1.54) is 0 Å². The highest BCUT2D eigenvalue weighted by molar-refractivity contribution is 5.61. The van der Waals surface area contributed by atoms with Gasteiger partial charge in [0, 0.05) is 25.7 Å². The van der Waals surface area contributed by atoms with E-state index in [4.69, 9.17) is 15.2 Å².